The Morgan fingerprint density at radius 3 is 2.43 bits per heavy atom. The molecule has 0 spiro atoms. The number of thioether (sulfide) groups is 1. The summed E-state index contributed by atoms with van der Waals surface area (Å²) in [6.07, 6.45) is -2.27. The molecule has 0 saturated carbocycles. The molecule has 0 aromatic carbocycles. The van der Waals surface area contributed by atoms with E-state index in [2.05, 4.69) is 5.32 Å². The number of nitrogens with one attached hydrogen (secondary N) is 1. The molecule has 14 heavy (non-hydrogen) atoms. The first-order chi connectivity index (χ1) is 6.58. The number of alkyl halides is 3. The van der Waals surface area contributed by atoms with E-state index in [-0.39, 0.29) is 6.42 Å². The standard InChI is InChI=1S/C9H16F3NS/c10-9(11,12)4-1-5-13-8-2-6-14-7-3-8/h8,13H,1-7H2. The number of rotatable bonds is 4. The maximum absolute atomic E-state index is 11.8. The van der Waals surface area contributed by atoms with Gasteiger partial charge in [-0.3, -0.25) is 0 Å². The minimum Gasteiger partial charge on any atom is -0.314 e. The fraction of sp³-hybridized carbons (Fsp3) is 1.00. The second-order valence-corrected chi connectivity index (χ2v) is 4.78. The molecule has 0 aromatic rings. The molecule has 1 N–H and O–H groups in total. The number of hydrogen-bond donors (Lipinski definition) is 1. The van der Waals surface area contributed by atoms with Crippen LogP contribution in [0.3, 0.4) is 0 Å². The molecule has 1 heterocycles. The lowest BCUT2D eigenvalue weighted by atomic mass is 10.1. The molecule has 1 aliphatic heterocycles. The molecular weight excluding hydrogens is 211 g/mol. The minimum absolute atomic E-state index is 0.202. The van der Waals surface area contributed by atoms with E-state index in [4.69, 9.17) is 0 Å². The van der Waals surface area contributed by atoms with Crippen molar-refractivity contribution in [3.8, 4) is 0 Å². The lowest BCUT2D eigenvalue weighted by Gasteiger charge is -2.22. The summed E-state index contributed by atoms with van der Waals surface area (Å²) >= 11 is 1.92. The zero-order valence-corrected chi connectivity index (χ0v) is 8.89. The van der Waals surface area contributed by atoms with Gasteiger partial charge in [-0.1, -0.05) is 0 Å². The van der Waals surface area contributed by atoms with Gasteiger partial charge >= 0.3 is 6.18 Å². The highest BCUT2D eigenvalue weighted by molar-refractivity contribution is 7.99. The minimum atomic E-state index is -4.00. The second kappa shape index (κ2) is 5.85. The van der Waals surface area contributed by atoms with Crippen molar-refractivity contribution in [1.29, 1.82) is 0 Å². The van der Waals surface area contributed by atoms with E-state index in [1.807, 2.05) is 11.8 Å². The van der Waals surface area contributed by atoms with Gasteiger partial charge < -0.3 is 5.32 Å². The Labute approximate surface area is 86.8 Å². The third-order valence-corrected chi connectivity index (χ3v) is 3.34. The summed E-state index contributed by atoms with van der Waals surface area (Å²) in [6, 6.07) is 0.449. The van der Waals surface area contributed by atoms with Gasteiger partial charge in [0, 0.05) is 12.5 Å². The van der Waals surface area contributed by atoms with Gasteiger partial charge in [0.15, 0.2) is 0 Å². The van der Waals surface area contributed by atoms with Crippen LogP contribution in [-0.2, 0) is 0 Å². The maximum atomic E-state index is 11.8. The summed E-state index contributed by atoms with van der Waals surface area (Å²) in [5.41, 5.74) is 0. The van der Waals surface area contributed by atoms with Crippen molar-refractivity contribution < 1.29 is 13.2 Å². The lowest BCUT2D eigenvalue weighted by Crippen LogP contribution is -2.33. The SMILES string of the molecule is FC(F)(F)CCCNC1CCSCC1. The summed E-state index contributed by atoms with van der Waals surface area (Å²) in [6.45, 7) is 0.495. The largest absolute Gasteiger partial charge is 0.389 e. The smallest absolute Gasteiger partial charge is 0.314 e. The molecule has 0 aliphatic carbocycles. The van der Waals surface area contributed by atoms with Crippen molar-refractivity contribution in [1.82, 2.24) is 5.32 Å². The highest BCUT2D eigenvalue weighted by Crippen LogP contribution is 2.21. The Morgan fingerprint density at radius 1 is 1.21 bits per heavy atom. The van der Waals surface area contributed by atoms with Crippen molar-refractivity contribution in [3.05, 3.63) is 0 Å². The molecule has 0 atom stereocenters. The van der Waals surface area contributed by atoms with Crippen LogP contribution < -0.4 is 5.32 Å². The van der Waals surface area contributed by atoms with Gasteiger partial charge in [0.05, 0.1) is 0 Å². The van der Waals surface area contributed by atoms with E-state index in [0.717, 1.165) is 24.3 Å². The van der Waals surface area contributed by atoms with Gasteiger partial charge in [-0.2, -0.15) is 24.9 Å². The highest BCUT2D eigenvalue weighted by atomic mass is 32.2. The van der Waals surface area contributed by atoms with Crippen LogP contribution in [0.5, 0.6) is 0 Å². The van der Waals surface area contributed by atoms with Crippen LogP contribution in [0.25, 0.3) is 0 Å². The summed E-state index contributed by atoms with van der Waals surface area (Å²) in [5.74, 6) is 2.27. The average Bonchev–Trinajstić information content (AvgIpc) is 2.13. The number of hydrogen-bond acceptors (Lipinski definition) is 2. The van der Waals surface area contributed by atoms with E-state index in [1.165, 1.54) is 0 Å². The maximum Gasteiger partial charge on any atom is 0.389 e. The molecule has 5 heteroatoms. The van der Waals surface area contributed by atoms with Crippen LogP contribution in [0.4, 0.5) is 13.2 Å². The van der Waals surface area contributed by atoms with Gasteiger partial charge in [0.25, 0.3) is 0 Å². The van der Waals surface area contributed by atoms with Crippen molar-refractivity contribution in [2.45, 2.75) is 37.9 Å². The van der Waals surface area contributed by atoms with Gasteiger partial charge in [-0.25, -0.2) is 0 Å². The molecule has 0 amide bonds. The van der Waals surface area contributed by atoms with Crippen LogP contribution >= 0.6 is 11.8 Å². The Balaban J connectivity index is 1.97. The molecular formula is C9H16F3NS. The van der Waals surface area contributed by atoms with Crippen LogP contribution in [0.2, 0.25) is 0 Å². The molecule has 1 nitrogen and oxygen atoms in total. The number of halogens is 3. The van der Waals surface area contributed by atoms with Crippen LogP contribution in [0.15, 0.2) is 0 Å². The molecule has 1 aliphatic rings. The van der Waals surface area contributed by atoms with Crippen LogP contribution in [0, 0.1) is 0 Å². The van der Waals surface area contributed by atoms with E-state index >= 15 is 0 Å². The Hall–Kier alpha value is 0.100. The van der Waals surface area contributed by atoms with Gasteiger partial charge in [-0.05, 0) is 37.3 Å². The quantitative estimate of drug-likeness (QED) is 0.741. The zero-order valence-electron chi connectivity index (χ0n) is 8.07. The lowest BCUT2D eigenvalue weighted by molar-refractivity contribution is -0.135. The average molecular weight is 227 g/mol. The van der Waals surface area contributed by atoms with E-state index in [9.17, 15) is 13.2 Å². The summed E-state index contributed by atoms with van der Waals surface area (Å²) < 4.78 is 35.4. The molecule has 84 valence electrons. The van der Waals surface area contributed by atoms with Crippen LogP contribution in [-0.4, -0.2) is 30.3 Å². The third-order valence-electron chi connectivity index (χ3n) is 2.29. The topological polar surface area (TPSA) is 12.0 Å². The molecule has 1 saturated heterocycles. The van der Waals surface area contributed by atoms with Crippen molar-refractivity contribution in [2.75, 3.05) is 18.1 Å². The first kappa shape index (κ1) is 12.2. The van der Waals surface area contributed by atoms with E-state index in [0.29, 0.717) is 12.6 Å². The van der Waals surface area contributed by atoms with E-state index < -0.39 is 12.6 Å². The van der Waals surface area contributed by atoms with Crippen molar-refractivity contribution >= 4 is 11.8 Å². The normalized spacial score (nSPS) is 19.9. The Kier molecular flexibility index (Phi) is 5.09. The predicted octanol–water partition coefficient (Wildman–Crippen LogP) is 2.81. The van der Waals surface area contributed by atoms with Crippen LogP contribution in [0.1, 0.15) is 25.7 Å². The van der Waals surface area contributed by atoms with Gasteiger partial charge in [-0.15, -0.1) is 0 Å². The first-order valence-corrected chi connectivity index (χ1v) is 6.11. The Bertz CT molecular complexity index is 155. The fourth-order valence-electron chi connectivity index (χ4n) is 1.50. The predicted molar refractivity (Wildman–Crippen MR) is 53.6 cm³/mol. The second-order valence-electron chi connectivity index (χ2n) is 3.56. The zero-order chi connectivity index (χ0) is 10.4. The monoisotopic (exact) mass is 227 g/mol. The molecule has 1 fully saturated rings. The molecule has 0 unspecified atom stereocenters. The summed E-state index contributed by atoms with van der Waals surface area (Å²) in [7, 11) is 0. The molecule has 0 aromatic heterocycles. The molecule has 1 rings (SSSR count). The fourth-order valence-corrected chi connectivity index (χ4v) is 2.60. The summed E-state index contributed by atoms with van der Waals surface area (Å²) in [5, 5.41) is 3.18. The Morgan fingerprint density at radius 2 is 1.86 bits per heavy atom. The van der Waals surface area contributed by atoms with E-state index in [1.54, 1.807) is 0 Å². The van der Waals surface area contributed by atoms with Gasteiger partial charge in [0.1, 0.15) is 0 Å². The molecule has 0 bridgehead atoms. The van der Waals surface area contributed by atoms with Crippen molar-refractivity contribution in [2.24, 2.45) is 0 Å². The molecule has 0 radical (unpaired) electrons. The van der Waals surface area contributed by atoms with Gasteiger partial charge in [0.2, 0.25) is 0 Å². The highest BCUT2D eigenvalue weighted by Gasteiger charge is 2.26. The first-order valence-electron chi connectivity index (χ1n) is 4.96. The van der Waals surface area contributed by atoms with Crippen molar-refractivity contribution in [3.63, 3.8) is 0 Å². The third kappa shape index (κ3) is 5.75. The summed E-state index contributed by atoms with van der Waals surface area (Å²) in [4.78, 5) is 0.